The van der Waals surface area contributed by atoms with Crippen LogP contribution in [0.15, 0.2) is 18.2 Å². The van der Waals surface area contributed by atoms with Gasteiger partial charge >= 0.3 is 5.97 Å². The number of rotatable bonds is 5. The standard InChI is InChI=1S/C10H11ClO4/c1-14-9-6-7(10(12)13)2-3-8(9)15-5-4-11/h2-3,6H,4-5H2,1H3,(H,12,13). The monoisotopic (exact) mass is 230 g/mol. The summed E-state index contributed by atoms with van der Waals surface area (Å²) in [6, 6.07) is 4.41. The van der Waals surface area contributed by atoms with E-state index in [1.165, 1.54) is 19.2 Å². The first-order valence-electron chi connectivity index (χ1n) is 4.29. The average molecular weight is 231 g/mol. The van der Waals surface area contributed by atoms with E-state index >= 15 is 0 Å². The lowest BCUT2D eigenvalue weighted by molar-refractivity contribution is 0.0696. The maximum absolute atomic E-state index is 10.7. The Morgan fingerprint density at radius 1 is 1.47 bits per heavy atom. The summed E-state index contributed by atoms with van der Waals surface area (Å²) in [4.78, 5) is 10.7. The number of benzene rings is 1. The van der Waals surface area contributed by atoms with Crippen molar-refractivity contribution >= 4 is 17.6 Å². The molecule has 0 heterocycles. The number of hydrogen-bond donors (Lipinski definition) is 1. The molecule has 0 bridgehead atoms. The molecule has 0 spiro atoms. The van der Waals surface area contributed by atoms with E-state index in [4.69, 9.17) is 26.2 Å². The van der Waals surface area contributed by atoms with Crippen molar-refractivity contribution in [1.29, 1.82) is 0 Å². The third-order valence-electron chi connectivity index (χ3n) is 1.75. The molecular weight excluding hydrogens is 220 g/mol. The summed E-state index contributed by atoms with van der Waals surface area (Å²) in [5.41, 5.74) is 0.157. The minimum Gasteiger partial charge on any atom is -0.493 e. The third kappa shape index (κ3) is 3.02. The van der Waals surface area contributed by atoms with E-state index in [0.717, 1.165) is 0 Å². The fourth-order valence-corrected chi connectivity index (χ4v) is 1.15. The van der Waals surface area contributed by atoms with Crippen molar-refractivity contribution < 1.29 is 19.4 Å². The lowest BCUT2D eigenvalue weighted by Crippen LogP contribution is -2.02. The van der Waals surface area contributed by atoms with Crippen molar-refractivity contribution in [3.8, 4) is 11.5 Å². The van der Waals surface area contributed by atoms with Gasteiger partial charge in [-0.05, 0) is 18.2 Å². The molecule has 0 aliphatic heterocycles. The molecule has 0 saturated heterocycles. The summed E-state index contributed by atoms with van der Waals surface area (Å²) in [5.74, 6) is 0.240. The summed E-state index contributed by atoms with van der Waals surface area (Å²) in [5, 5.41) is 8.75. The van der Waals surface area contributed by atoms with Crippen molar-refractivity contribution in [3.05, 3.63) is 23.8 Å². The van der Waals surface area contributed by atoms with Gasteiger partial charge in [-0.25, -0.2) is 4.79 Å². The van der Waals surface area contributed by atoms with Crippen LogP contribution in [0.4, 0.5) is 0 Å². The first-order valence-corrected chi connectivity index (χ1v) is 4.82. The van der Waals surface area contributed by atoms with Crippen LogP contribution in [0.1, 0.15) is 10.4 Å². The first kappa shape index (κ1) is 11.7. The summed E-state index contributed by atoms with van der Waals surface area (Å²) in [6.07, 6.45) is 0. The molecule has 0 amide bonds. The van der Waals surface area contributed by atoms with Crippen LogP contribution >= 0.6 is 11.6 Å². The predicted octanol–water partition coefficient (Wildman–Crippen LogP) is 2.01. The zero-order valence-electron chi connectivity index (χ0n) is 8.20. The number of carbonyl (C=O) groups is 1. The predicted molar refractivity (Wildman–Crippen MR) is 56.2 cm³/mol. The van der Waals surface area contributed by atoms with E-state index in [9.17, 15) is 4.79 Å². The molecule has 1 aromatic carbocycles. The molecule has 0 fully saturated rings. The first-order chi connectivity index (χ1) is 7.19. The van der Waals surface area contributed by atoms with Gasteiger partial charge < -0.3 is 14.6 Å². The maximum atomic E-state index is 10.7. The Hall–Kier alpha value is -1.42. The fraction of sp³-hybridized carbons (Fsp3) is 0.300. The van der Waals surface area contributed by atoms with E-state index in [1.54, 1.807) is 6.07 Å². The molecule has 1 N–H and O–H groups in total. The van der Waals surface area contributed by atoms with Gasteiger partial charge in [-0.3, -0.25) is 0 Å². The van der Waals surface area contributed by atoms with Crippen LogP contribution in [0.25, 0.3) is 0 Å². The van der Waals surface area contributed by atoms with Crippen LogP contribution < -0.4 is 9.47 Å². The molecule has 0 radical (unpaired) electrons. The summed E-state index contributed by atoms with van der Waals surface area (Å²) < 4.78 is 10.3. The lowest BCUT2D eigenvalue weighted by atomic mass is 10.2. The van der Waals surface area contributed by atoms with Crippen LogP contribution in [0.5, 0.6) is 11.5 Å². The van der Waals surface area contributed by atoms with E-state index < -0.39 is 5.97 Å². The number of alkyl halides is 1. The average Bonchev–Trinajstić information content (AvgIpc) is 2.25. The Morgan fingerprint density at radius 3 is 2.73 bits per heavy atom. The largest absolute Gasteiger partial charge is 0.493 e. The molecule has 0 unspecified atom stereocenters. The molecule has 82 valence electrons. The Kier molecular flexibility index (Phi) is 4.24. The highest BCUT2D eigenvalue weighted by atomic mass is 35.5. The fourth-order valence-electron chi connectivity index (χ4n) is 1.07. The second-order valence-electron chi connectivity index (χ2n) is 2.71. The van der Waals surface area contributed by atoms with Crippen molar-refractivity contribution in [1.82, 2.24) is 0 Å². The number of halogens is 1. The molecule has 15 heavy (non-hydrogen) atoms. The molecule has 1 rings (SSSR count). The lowest BCUT2D eigenvalue weighted by Gasteiger charge is -2.09. The zero-order chi connectivity index (χ0) is 11.3. The molecule has 5 heteroatoms. The molecule has 4 nitrogen and oxygen atoms in total. The highest BCUT2D eigenvalue weighted by Gasteiger charge is 2.09. The SMILES string of the molecule is COc1cc(C(=O)O)ccc1OCCCl. The van der Waals surface area contributed by atoms with Crippen LogP contribution in [-0.2, 0) is 0 Å². The molecule has 1 aromatic rings. The zero-order valence-corrected chi connectivity index (χ0v) is 8.95. The smallest absolute Gasteiger partial charge is 0.335 e. The van der Waals surface area contributed by atoms with Crippen LogP contribution in [-0.4, -0.2) is 30.7 Å². The Bertz CT molecular complexity index is 351. The quantitative estimate of drug-likeness (QED) is 0.787. The normalized spacial score (nSPS) is 9.73. The topological polar surface area (TPSA) is 55.8 Å². The number of carboxylic acid groups (broad SMARTS) is 1. The molecule has 0 atom stereocenters. The van der Waals surface area contributed by atoms with E-state index in [0.29, 0.717) is 24.0 Å². The van der Waals surface area contributed by atoms with Crippen molar-refractivity contribution in [2.24, 2.45) is 0 Å². The van der Waals surface area contributed by atoms with Gasteiger partial charge in [-0.1, -0.05) is 0 Å². The summed E-state index contributed by atoms with van der Waals surface area (Å²) in [6.45, 7) is 0.352. The van der Waals surface area contributed by atoms with Crippen molar-refractivity contribution in [2.45, 2.75) is 0 Å². The van der Waals surface area contributed by atoms with E-state index in [2.05, 4.69) is 0 Å². The van der Waals surface area contributed by atoms with Gasteiger partial charge in [0.15, 0.2) is 11.5 Å². The Balaban J connectivity index is 2.93. The third-order valence-corrected chi connectivity index (χ3v) is 1.90. The summed E-state index contributed by atoms with van der Waals surface area (Å²) in [7, 11) is 1.45. The second kappa shape index (κ2) is 5.46. The van der Waals surface area contributed by atoms with Crippen molar-refractivity contribution in [2.75, 3.05) is 19.6 Å². The molecule has 0 aromatic heterocycles. The minimum atomic E-state index is -1.00. The highest BCUT2D eigenvalue weighted by molar-refractivity contribution is 6.18. The number of aromatic carboxylic acids is 1. The number of ether oxygens (including phenoxy) is 2. The van der Waals surface area contributed by atoms with Gasteiger partial charge in [-0.15, -0.1) is 11.6 Å². The highest BCUT2D eigenvalue weighted by Crippen LogP contribution is 2.27. The van der Waals surface area contributed by atoms with Gasteiger partial charge in [-0.2, -0.15) is 0 Å². The van der Waals surface area contributed by atoms with Crippen molar-refractivity contribution in [3.63, 3.8) is 0 Å². The van der Waals surface area contributed by atoms with Gasteiger partial charge in [0.2, 0.25) is 0 Å². The maximum Gasteiger partial charge on any atom is 0.335 e. The second-order valence-corrected chi connectivity index (χ2v) is 3.09. The molecule has 0 aliphatic rings. The molecule has 0 saturated carbocycles. The van der Waals surface area contributed by atoms with E-state index in [-0.39, 0.29) is 5.56 Å². The number of methoxy groups -OCH3 is 1. The van der Waals surface area contributed by atoms with E-state index in [1.807, 2.05) is 0 Å². The van der Waals surface area contributed by atoms with Gasteiger partial charge in [0, 0.05) is 0 Å². The van der Waals surface area contributed by atoms with Crippen LogP contribution in [0.2, 0.25) is 0 Å². The van der Waals surface area contributed by atoms with Gasteiger partial charge in [0.1, 0.15) is 6.61 Å². The van der Waals surface area contributed by atoms with Crippen LogP contribution in [0, 0.1) is 0 Å². The Labute approximate surface area is 92.4 Å². The van der Waals surface area contributed by atoms with Crippen LogP contribution in [0.3, 0.4) is 0 Å². The molecule has 0 aliphatic carbocycles. The number of hydrogen-bond acceptors (Lipinski definition) is 3. The minimum absolute atomic E-state index is 0.157. The number of carboxylic acids is 1. The summed E-state index contributed by atoms with van der Waals surface area (Å²) >= 11 is 5.47. The molecular formula is C10H11ClO4. The van der Waals surface area contributed by atoms with Gasteiger partial charge in [0.25, 0.3) is 0 Å². The van der Waals surface area contributed by atoms with Gasteiger partial charge in [0.05, 0.1) is 18.6 Å². The Morgan fingerprint density at radius 2 is 2.20 bits per heavy atom.